The quantitative estimate of drug-likeness (QED) is 0.769. The van der Waals surface area contributed by atoms with E-state index in [1.165, 1.54) is 12.1 Å². The summed E-state index contributed by atoms with van der Waals surface area (Å²) in [5.74, 6) is 1.15. The molecule has 21 heavy (non-hydrogen) atoms. The van der Waals surface area contributed by atoms with E-state index >= 15 is 0 Å². The molecule has 0 atom stereocenters. The lowest BCUT2D eigenvalue weighted by molar-refractivity contribution is 0.598. The Hall–Kier alpha value is -2.51. The number of nitrogens with zero attached hydrogens (tertiary/aromatic N) is 2. The number of benzene rings is 2. The minimum atomic E-state index is -3.69. The predicted molar refractivity (Wildman–Crippen MR) is 78.6 cm³/mol. The molecule has 3 N–H and O–H groups in total. The van der Waals surface area contributed by atoms with Crippen LogP contribution in [0.25, 0.3) is 22.8 Å². The maximum atomic E-state index is 11.2. The first kappa shape index (κ1) is 13.5. The van der Waals surface area contributed by atoms with Crippen molar-refractivity contribution in [2.24, 2.45) is 5.14 Å². The van der Waals surface area contributed by atoms with Crippen LogP contribution in [0.2, 0.25) is 0 Å². The summed E-state index contributed by atoms with van der Waals surface area (Å²) in [4.78, 5) is 4.46. The number of hydrogen-bond donors (Lipinski definition) is 2. The van der Waals surface area contributed by atoms with Crippen molar-refractivity contribution in [1.82, 2.24) is 15.2 Å². The Morgan fingerprint density at radius 3 is 2.19 bits per heavy atom. The summed E-state index contributed by atoms with van der Waals surface area (Å²) in [7, 11) is -3.69. The fraction of sp³-hybridized carbons (Fsp3) is 0. The molecule has 0 radical (unpaired) electrons. The molecule has 0 aliphatic rings. The smallest absolute Gasteiger partial charge is 0.238 e. The molecule has 1 aromatic heterocycles. The third kappa shape index (κ3) is 2.83. The minimum Gasteiger partial charge on any atom is -0.259 e. The van der Waals surface area contributed by atoms with E-state index in [9.17, 15) is 8.42 Å². The molecule has 6 nitrogen and oxygen atoms in total. The number of aromatic amines is 1. The zero-order valence-corrected chi connectivity index (χ0v) is 11.7. The highest BCUT2D eigenvalue weighted by Crippen LogP contribution is 2.20. The minimum absolute atomic E-state index is 0.0639. The van der Waals surface area contributed by atoms with Crippen molar-refractivity contribution in [3.05, 3.63) is 54.6 Å². The predicted octanol–water partition coefficient (Wildman–Crippen LogP) is 1.79. The van der Waals surface area contributed by atoms with Crippen LogP contribution in [-0.4, -0.2) is 23.6 Å². The van der Waals surface area contributed by atoms with Crippen LogP contribution in [0.3, 0.4) is 0 Å². The van der Waals surface area contributed by atoms with Crippen molar-refractivity contribution >= 4 is 10.0 Å². The van der Waals surface area contributed by atoms with Crippen LogP contribution in [0.5, 0.6) is 0 Å². The third-order valence-electron chi connectivity index (χ3n) is 2.97. The molecule has 2 aromatic carbocycles. The number of rotatable bonds is 3. The molecule has 0 aliphatic carbocycles. The van der Waals surface area contributed by atoms with Gasteiger partial charge in [-0.05, 0) is 24.3 Å². The molecule has 1 heterocycles. The van der Waals surface area contributed by atoms with Gasteiger partial charge in [0, 0.05) is 11.1 Å². The SMILES string of the molecule is NS(=O)(=O)c1ccc(-c2nc(-c3ccccc3)n[nH]2)cc1. The molecular formula is C14H12N4O2S. The molecule has 0 saturated carbocycles. The molecule has 0 fully saturated rings. The van der Waals surface area contributed by atoms with E-state index < -0.39 is 10.0 Å². The summed E-state index contributed by atoms with van der Waals surface area (Å²) in [6.45, 7) is 0. The molecule has 0 unspecified atom stereocenters. The summed E-state index contributed by atoms with van der Waals surface area (Å²) >= 11 is 0. The second kappa shape index (κ2) is 5.12. The average molecular weight is 300 g/mol. The molecular weight excluding hydrogens is 288 g/mol. The van der Waals surface area contributed by atoms with Crippen LogP contribution < -0.4 is 5.14 Å². The highest BCUT2D eigenvalue weighted by molar-refractivity contribution is 7.89. The van der Waals surface area contributed by atoms with Crippen LogP contribution in [0, 0.1) is 0 Å². The number of nitrogens with two attached hydrogens (primary N) is 1. The molecule has 0 bridgehead atoms. The van der Waals surface area contributed by atoms with Gasteiger partial charge in [-0.25, -0.2) is 18.5 Å². The first-order valence-corrected chi connectivity index (χ1v) is 7.70. The number of sulfonamides is 1. The number of hydrogen-bond acceptors (Lipinski definition) is 4. The van der Waals surface area contributed by atoms with E-state index in [4.69, 9.17) is 5.14 Å². The second-order valence-corrected chi connectivity index (χ2v) is 6.00. The summed E-state index contributed by atoms with van der Waals surface area (Å²) in [6, 6.07) is 15.7. The van der Waals surface area contributed by atoms with E-state index in [1.54, 1.807) is 12.1 Å². The molecule has 0 aliphatic heterocycles. The van der Waals surface area contributed by atoms with Gasteiger partial charge in [0.25, 0.3) is 0 Å². The normalized spacial score (nSPS) is 11.5. The summed E-state index contributed by atoms with van der Waals surface area (Å²) in [5.41, 5.74) is 1.64. The van der Waals surface area contributed by atoms with Gasteiger partial charge in [0.1, 0.15) is 0 Å². The third-order valence-corrected chi connectivity index (χ3v) is 3.90. The number of aromatic nitrogens is 3. The number of nitrogens with one attached hydrogen (secondary N) is 1. The standard InChI is InChI=1S/C14H12N4O2S/c15-21(19,20)12-8-6-11(7-9-12)14-16-13(17-18-14)10-4-2-1-3-5-10/h1-9H,(H2,15,19,20)(H,16,17,18). The van der Waals surface area contributed by atoms with Crippen molar-refractivity contribution < 1.29 is 8.42 Å². The zero-order valence-electron chi connectivity index (χ0n) is 10.9. The van der Waals surface area contributed by atoms with Gasteiger partial charge in [-0.1, -0.05) is 30.3 Å². The molecule has 3 rings (SSSR count). The Morgan fingerprint density at radius 1 is 0.905 bits per heavy atom. The largest absolute Gasteiger partial charge is 0.259 e. The van der Waals surface area contributed by atoms with Gasteiger partial charge in [-0.3, -0.25) is 5.10 Å². The Morgan fingerprint density at radius 2 is 1.57 bits per heavy atom. The molecule has 3 aromatic rings. The van der Waals surface area contributed by atoms with E-state index in [2.05, 4.69) is 15.2 Å². The van der Waals surface area contributed by atoms with Crippen molar-refractivity contribution in [3.63, 3.8) is 0 Å². The Bertz CT molecular complexity index is 856. The number of primary sulfonamides is 1. The Balaban J connectivity index is 1.94. The van der Waals surface area contributed by atoms with Gasteiger partial charge >= 0.3 is 0 Å². The Kier molecular flexibility index (Phi) is 3.28. The van der Waals surface area contributed by atoms with E-state index in [1.807, 2.05) is 30.3 Å². The van der Waals surface area contributed by atoms with Crippen LogP contribution in [-0.2, 0) is 10.0 Å². The van der Waals surface area contributed by atoms with Crippen LogP contribution in [0.4, 0.5) is 0 Å². The fourth-order valence-corrected chi connectivity index (χ4v) is 2.43. The molecule has 0 amide bonds. The maximum absolute atomic E-state index is 11.2. The lowest BCUT2D eigenvalue weighted by Gasteiger charge is -1.99. The molecule has 106 valence electrons. The van der Waals surface area contributed by atoms with E-state index in [0.29, 0.717) is 11.6 Å². The van der Waals surface area contributed by atoms with Crippen LogP contribution in [0.1, 0.15) is 0 Å². The molecule has 0 spiro atoms. The summed E-state index contributed by atoms with van der Waals surface area (Å²) < 4.78 is 22.4. The topological polar surface area (TPSA) is 102 Å². The Labute approximate surface area is 121 Å². The van der Waals surface area contributed by atoms with Crippen molar-refractivity contribution in [1.29, 1.82) is 0 Å². The average Bonchev–Trinajstić information content (AvgIpc) is 2.97. The van der Waals surface area contributed by atoms with Crippen molar-refractivity contribution in [2.45, 2.75) is 4.90 Å². The van der Waals surface area contributed by atoms with Gasteiger partial charge in [0.15, 0.2) is 11.6 Å². The van der Waals surface area contributed by atoms with Crippen LogP contribution in [0.15, 0.2) is 59.5 Å². The van der Waals surface area contributed by atoms with Crippen LogP contribution >= 0.6 is 0 Å². The lowest BCUT2D eigenvalue weighted by atomic mass is 10.2. The monoisotopic (exact) mass is 300 g/mol. The first-order valence-electron chi connectivity index (χ1n) is 6.15. The van der Waals surface area contributed by atoms with E-state index in [0.717, 1.165) is 11.1 Å². The van der Waals surface area contributed by atoms with Gasteiger partial charge in [-0.2, -0.15) is 5.10 Å². The molecule has 7 heteroatoms. The second-order valence-electron chi connectivity index (χ2n) is 4.44. The summed E-state index contributed by atoms with van der Waals surface area (Å²) in [5, 5.41) is 12.1. The van der Waals surface area contributed by atoms with Crippen molar-refractivity contribution in [3.8, 4) is 22.8 Å². The van der Waals surface area contributed by atoms with E-state index in [-0.39, 0.29) is 4.90 Å². The van der Waals surface area contributed by atoms with Gasteiger partial charge < -0.3 is 0 Å². The first-order chi connectivity index (χ1) is 10.0. The zero-order chi connectivity index (χ0) is 14.9. The fourth-order valence-electron chi connectivity index (χ4n) is 1.91. The maximum Gasteiger partial charge on any atom is 0.238 e. The number of H-pyrrole nitrogens is 1. The van der Waals surface area contributed by atoms with Gasteiger partial charge in [-0.15, -0.1) is 0 Å². The van der Waals surface area contributed by atoms with Crippen molar-refractivity contribution in [2.75, 3.05) is 0 Å². The summed E-state index contributed by atoms with van der Waals surface area (Å²) in [6.07, 6.45) is 0. The highest BCUT2D eigenvalue weighted by Gasteiger charge is 2.10. The van der Waals surface area contributed by atoms with Gasteiger partial charge in [0.05, 0.1) is 4.90 Å². The molecule has 0 saturated heterocycles. The van der Waals surface area contributed by atoms with Gasteiger partial charge in [0.2, 0.25) is 10.0 Å². The highest BCUT2D eigenvalue weighted by atomic mass is 32.2. The lowest BCUT2D eigenvalue weighted by Crippen LogP contribution is -2.11.